The third kappa shape index (κ3) is 4.28. The van der Waals surface area contributed by atoms with E-state index in [1.807, 2.05) is 30.2 Å². The van der Waals surface area contributed by atoms with Crippen LogP contribution in [-0.4, -0.2) is 33.2 Å². The first-order valence-electron chi connectivity index (χ1n) is 7.91. The Hall–Kier alpha value is -2.44. The lowest BCUT2D eigenvalue weighted by atomic mass is 10.1. The number of nitrogens with zero attached hydrogens (tertiary/aromatic N) is 3. The van der Waals surface area contributed by atoms with Crippen molar-refractivity contribution in [3.63, 3.8) is 0 Å². The number of nitriles is 2. The lowest BCUT2D eigenvalue weighted by Gasteiger charge is -2.20. The second kappa shape index (κ2) is 8.26. The van der Waals surface area contributed by atoms with Gasteiger partial charge in [-0.05, 0) is 31.9 Å². The lowest BCUT2D eigenvalue weighted by molar-refractivity contribution is 0.542. The quantitative estimate of drug-likeness (QED) is 0.748. The van der Waals surface area contributed by atoms with Crippen LogP contribution in [0.5, 0.6) is 0 Å². The molecule has 2 rings (SSSR count). The Bertz CT molecular complexity index is 612. The van der Waals surface area contributed by atoms with Crippen LogP contribution in [-0.2, 0) is 6.42 Å². The minimum Gasteiger partial charge on any atom is -0.449 e. The molecule has 1 aromatic rings. The molecule has 1 atom stereocenters. The SMILES string of the molecule is CNC(CCN(C)c1occc1CC1CCCN1)=C(C#N)C#N. The Labute approximate surface area is 137 Å². The topological polar surface area (TPSA) is 88.0 Å². The second-order valence-corrected chi connectivity index (χ2v) is 5.75. The highest BCUT2D eigenvalue weighted by Crippen LogP contribution is 2.24. The summed E-state index contributed by atoms with van der Waals surface area (Å²) >= 11 is 0. The van der Waals surface area contributed by atoms with Gasteiger partial charge in [0.2, 0.25) is 0 Å². The first kappa shape index (κ1) is 16.9. The summed E-state index contributed by atoms with van der Waals surface area (Å²) < 4.78 is 5.65. The van der Waals surface area contributed by atoms with Crippen LogP contribution < -0.4 is 15.5 Å². The predicted octanol–water partition coefficient (Wildman–Crippen LogP) is 1.92. The molecular formula is C17H23N5O. The van der Waals surface area contributed by atoms with Gasteiger partial charge in [0.05, 0.1) is 6.26 Å². The third-order valence-electron chi connectivity index (χ3n) is 4.22. The van der Waals surface area contributed by atoms with Crippen molar-refractivity contribution in [2.45, 2.75) is 31.7 Å². The number of rotatable bonds is 7. The van der Waals surface area contributed by atoms with Crippen molar-refractivity contribution in [1.29, 1.82) is 10.5 Å². The van der Waals surface area contributed by atoms with Crippen molar-refractivity contribution in [1.82, 2.24) is 10.6 Å². The van der Waals surface area contributed by atoms with Crippen LogP contribution in [0.1, 0.15) is 24.8 Å². The number of anilines is 1. The molecule has 23 heavy (non-hydrogen) atoms. The standard InChI is InChI=1S/C17H23N5O/c1-20-16(14(11-18)12-19)5-8-22(2)17-13(6-9-23-17)10-15-4-3-7-21-15/h6,9,15,20-21H,3-5,7-8,10H2,1-2H3. The van der Waals surface area contributed by atoms with Crippen LogP contribution in [0.2, 0.25) is 0 Å². The minimum atomic E-state index is 0.135. The Morgan fingerprint density at radius 1 is 1.48 bits per heavy atom. The van der Waals surface area contributed by atoms with Crippen LogP contribution >= 0.6 is 0 Å². The number of nitrogens with one attached hydrogen (secondary N) is 2. The molecule has 0 spiro atoms. The van der Waals surface area contributed by atoms with E-state index in [0.717, 1.165) is 18.8 Å². The van der Waals surface area contributed by atoms with Gasteiger partial charge >= 0.3 is 0 Å². The number of furan rings is 1. The van der Waals surface area contributed by atoms with E-state index in [1.165, 1.54) is 18.4 Å². The van der Waals surface area contributed by atoms with Crippen LogP contribution in [0.25, 0.3) is 0 Å². The molecule has 0 bridgehead atoms. The van der Waals surface area contributed by atoms with E-state index in [4.69, 9.17) is 14.9 Å². The molecule has 1 saturated heterocycles. The molecule has 0 aliphatic carbocycles. The number of hydrogen-bond acceptors (Lipinski definition) is 6. The minimum absolute atomic E-state index is 0.135. The summed E-state index contributed by atoms with van der Waals surface area (Å²) in [5.74, 6) is 0.865. The van der Waals surface area contributed by atoms with Crippen molar-refractivity contribution >= 4 is 5.88 Å². The van der Waals surface area contributed by atoms with Gasteiger partial charge in [-0.3, -0.25) is 0 Å². The van der Waals surface area contributed by atoms with E-state index in [0.29, 0.717) is 24.7 Å². The molecule has 1 aliphatic rings. The summed E-state index contributed by atoms with van der Waals surface area (Å²) in [6, 6.07) is 6.40. The highest BCUT2D eigenvalue weighted by Gasteiger charge is 2.19. The van der Waals surface area contributed by atoms with Gasteiger partial charge in [-0.25, -0.2) is 0 Å². The van der Waals surface area contributed by atoms with Crippen molar-refractivity contribution in [3.8, 4) is 12.1 Å². The zero-order chi connectivity index (χ0) is 16.7. The van der Waals surface area contributed by atoms with Crippen molar-refractivity contribution in [2.24, 2.45) is 0 Å². The molecule has 2 N–H and O–H groups in total. The van der Waals surface area contributed by atoms with Gasteiger partial charge in [0.1, 0.15) is 17.7 Å². The molecule has 0 radical (unpaired) electrons. The predicted molar refractivity (Wildman–Crippen MR) is 88.6 cm³/mol. The number of allylic oxidation sites excluding steroid dienone is 1. The Morgan fingerprint density at radius 2 is 2.26 bits per heavy atom. The van der Waals surface area contributed by atoms with E-state index in [2.05, 4.69) is 10.6 Å². The maximum absolute atomic E-state index is 8.97. The van der Waals surface area contributed by atoms with Gasteiger partial charge in [0.25, 0.3) is 0 Å². The lowest BCUT2D eigenvalue weighted by Crippen LogP contribution is -2.26. The van der Waals surface area contributed by atoms with Gasteiger partial charge in [-0.15, -0.1) is 0 Å². The average molecular weight is 313 g/mol. The monoisotopic (exact) mass is 313 g/mol. The Kier molecular flexibility index (Phi) is 6.08. The van der Waals surface area contributed by atoms with E-state index >= 15 is 0 Å². The second-order valence-electron chi connectivity index (χ2n) is 5.75. The smallest absolute Gasteiger partial charge is 0.198 e. The van der Waals surface area contributed by atoms with E-state index in [1.54, 1.807) is 13.3 Å². The summed E-state index contributed by atoms with van der Waals surface area (Å²) in [5, 5.41) is 24.4. The van der Waals surface area contributed by atoms with Crippen LogP contribution in [0.3, 0.4) is 0 Å². The molecule has 0 aromatic carbocycles. The normalized spacial score (nSPS) is 16.4. The van der Waals surface area contributed by atoms with E-state index in [9.17, 15) is 0 Å². The molecular weight excluding hydrogens is 290 g/mol. The van der Waals surface area contributed by atoms with Gasteiger partial charge in [-0.1, -0.05) is 0 Å². The summed E-state index contributed by atoms with van der Waals surface area (Å²) in [7, 11) is 3.70. The first-order chi connectivity index (χ1) is 11.2. The summed E-state index contributed by atoms with van der Waals surface area (Å²) in [5.41, 5.74) is 1.99. The summed E-state index contributed by atoms with van der Waals surface area (Å²) in [6.45, 7) is 1.76. The average Bonchev–Trinajstić information content (AvgIpc) is 3.23. The maximum atomic E-state index is 8.97. The molecule has 0 amide bonds. The third-order valence-corrected chi connectivity index (χ3v) is 4.22. The first-order valence-corrected chi connectivity index (χ1v) is 7.91. The van der Waals surface area contributed by atoms with Crippen LogP contribution in [0.15, 0.2) is 28.0 Å². The van der Waals surface area contributed by atoms with Gasteiger partial charge in [-0.2, -0.15) is 10.5 Å². The zero-order valence-electron chi connectivity index (χ0n) is 13.7. The molecule has 1 fully saturated rings. The van der Waals surface area contributed by atoms with Crippen LogP contribution in [0, 0.1) is 22.7 Å². The van der Waals surface area contributed by atoms with Gasteiger partial charge < -0.3 is 20.0 Å². The number of hydrogen-bond donors (Lipinski definition) is 2. The molecule has 6 nitrogen and oxygen atoms in total. The summed E-state index contributed by atoms with van der Waals surface area (Å²) in [4.78, 5) is 2.04. The van der Waals surface area contributed by atoms with Gasteiger partial charge in [0, 0.05) is 44.4 Å². The van der Waals surface area contributed by atoms with Crippen molar-refractivity contribution in [2.75, 3.05) is 32.1 Å². The molecule has 1 aromatic heterocycles. The fourth-order valence-electron chi connectivity index (χ4n) is 2.93. The Morgan fingerprint density at radius 3 is 2.87 bits per heavy atom. The molecule has 1 unspecified atom stereocenters. The maximum Gasteiger partial charge on any atom is 0.198 e. The molecule has 0 saturated carbocycles. The van der Waals surface area contributed by atoms with Crippen molar-refractivity contribution in [3.05, 3.63) is 29.2 Å². The van der Waals surface area contributed by atoms with Crippen LogP contribution in [0.4, 0.5) is 5.88 Å². The van der Waals surface area contributed by atoms with E-state index in [-0.39, 0.29) is 5.57 Å². The molecule has 1 aliphatic heterocycles. The molecule has 2 heterocycles. The molecule has 122 valence electrons. The fraction of sp³-hybridized carbons (Fsp3) is 0.529. The highest BCUT2D eigenvalue weighted by molar-refractivity contribution is 5.45. The molecule has 6 heteroatoms. The van der Waals surface area contributed by atoms with Gasteiger partial charge in [0.15, 0.2) is 5.88 Å². The van der Waals surface area contributed by atoms with Crippen molar-refractivity contribution < 1.29 is 4.42 Å². The largest absolute Gasteiger partial charge is 0.449 e. The van der Waals surface area contributed by atoms with E-state index < -0.39 is 0 Å². The zero-order valence-corrected chi connectivity index (χ0v) is 13.7. The Balaban J connectivity index is 2.00. The highest BCUT2D eigenvalue weighted by atomic mass is 16.3. The fourth-order valence-corrected chi connectivity index (χ4v) is 2.93. The summed E-state index contributed by atoms with van der Waals surface area (Å²) in [6.07, 6.45) is 5.71.